The van der Waals surface area contributed by atoms with E-state index < -0.39 is 12.0 Å². The van der Waals surface area contributed by atoms with Crippen LogP contribution < -0.4 is 15.4 Å². The van der Waals surface area contributed by atoms with Gasteiger partial charge in [-0.2, -0.15) is 0 Å². The first-order valence-corrected chi connectivity index (χ1v) is 12.1. The van der Waals surface area contributed by atoms with Crippen LogP contribution >= 0.6 is 0 Å². The standard InChI is InChI=1S/C27H33N3O5/c1-3-35-23-16-20(9-10-22(23)31)25-24(26(32)34-2)21(28-27(33)29-25)17-30-13-11-19(12-14-30)15-18-7-5-4-6-8-18/h4-10,16,19,25,31H,3,11-15,17H2,1-2H3,(H2,28,29,33)/t25-/m1/s1. The molecule has 2 amide bonds. The zero-order valence-corrected chi connectivity index (χ0v) is 20.3. The third kappa shape index (κ3) is 5.95. The molecule has 8 nitrogen and oxygen atoms in total. The summed E-state index contributed by atoms with van der Waals surface area (Å²) in [7, 11) is 1.33. The Kier molecular flexibility index (Phi) is 7.92. The number of amides is 2. The lowest BCUT2D eigenvalue weighted by Crippen LogP contribution is -2.49. The molecule has 2 heterocycles. The van der Waals surface area contributed by atoms with Gasteiger partial charge >= 0.3 is 12.0 Å². The highest BCUT2D eigenvalue weighted by Crippen LogP contribution is 2.34. The number of nitrogens with zero attached hydrogens (tertiary/aromatic N) is 1. The number of carbonyl (C=O) groups is 2. The molecule has 8 heteroatoms. The minimum Gasteiger partial charge on any atom is -0.504 e. The van der Waals surface area contributed by atoms with Gasteiger partial charge in [-0.1, -0.05) is 36.4 Å². The normalized spacial score (nSPS) is 19.1. The Bertz CT molecular complexity index is 1080. The summed E-state index contributed by atoms with van der Waals surface area (Å²) < 4.78 is 10.6. The summed E-state index contributed by atoms with van der Waals surface area (Å²) >= 11 is 0. The van der Waals surface area contributed by atoms with Crippen molar-refractivity contribution in [3.8, 4) is 11.5 Å². The van der Waals surface area contributed by atoms with Crippen molar-refractivity contribution >= 4 is 12.0 Å². The molecule has 1 saturated heterocycles. The number of carbonyl (C=O) groups excluding carboxylic acids is 2. The molecule has 0 aromatic heterocycles. The molecule has 0 unspecified atom stereocenters. The maximum absolute atomic E-state index is 12.9. The number of hydrogen-bond donors (Lipinski definition) is 3. The Morgan fingerprint density at radius 2 is 1.89 bits per heavy atom. The molecule has 2 aliphatic heterocycles. The number of likely N-dealkylation sites (tertiary alicyclic amines) is 1. The first-order chi connectivity index (χ1) is 17.0. The SMILES string of the molecule is CCOc1cc([C@H]2NC(=O)NC(CN3CCC(Cc4ccccc4)CC3)=C2C(=O)OC)ccc1O. The van der Waals surface area contributed by atoms with E-state index in [1.165, 1.54) is 18.7 Å². The van der Waals surface area contributed by atoms with E-state index in [1.807, 2.05) is 13.0 Å². The van der Waals surface area contributed by atoms with Gasteiger partial charge < -0.3 is 25.2 Å². The Labute approximate surface area is 205 Å². The zero-order valence-electron chi connectivity index (χ0n) is 20.3. The fraction of sp³-hybridized carbons (Fsp3) is 0.407. The number of ether oxygens (including phenoxy) is 2. The largest absolute Gasteiger partial charge is 0.504 e. The van der Waals surface area contributed by atoms with Gasteiger partial charge in [0.1, 0.15) is 0 Å². The maximum Gasteiger partial charge on any atom is 0.338 e. The van der Waals surface area contributed by atoms with E-state index in [-0.39, 0.29) is 11.8 Å². The number of aromatic hydroxyl groups is 1. The number of hydrogen-bond acceptors (Lipinski definition) is 6. The third-order valence-electron chi connectivity index (χ3n) is 6.63. The zero-order chi connectivity index (χ0) is 24.8. The van der Waals surface area contributed by atoms with Gasteiger partial charge in [-0.15, -0.1) is 0 Å². The molecule has 2 aromatic rings. The van der Waals surface area contributed by atoms with E-state index in [9.17, 15) is 14.7 Å². The van der Waals surface area contributed by atoms with Crippen LogP contribution in [0, 0.1) is 5.92 Å². The third-order valence-corrected chi connectivity index (χ3v) is 6.63. The summed E-state index contributed by atoms with van der Waals surface area (Å²) in [6.45, 7) is 4.41. The van der Waals surface area contributed by atoms with Crippen molar-refractivity contribution in [2.45, 2.75) is 32.2 Å². The van der Waals surface area contributed by atoms with Gasteiger partial charge in [0, 0.05) is 12.2 Å². The molecule has 2 aromatic carbocycles. The minimum atomic E-state index is -0.721. The number of benzene rings is 2. The molecule has 0 radical (unpaired) electrons. The highest BCUT2D eigenvalue weighted by atomic mass is 16.5. The van der Waals surface area contributed by atoms with Crippen molar-refractivity contribution in [1.82, 2.24) is 15.5 Å². The summed E-state index contributed by atoms with van der Waals surface area (Å²) in [5.74, 6) is 0.400. The molecule has 1 atom stereocenters. The van der Waals surface area contributed by atoms with Crippen LogP contribution in [0.4, 0.5) is 4.79 Å². The monoisotopic (exact) mass is 479 g/mol. The van der Waals surface area contributed by atoms with E-state index >= 15 is 0 Å². The average Bonchev–Trinajstić information content (AvgIpc) is 2.86. The van der Waals surface area contributed by atoms with Gasteiger partial charge in [-0.3, -0.25) is 4.90 Å². The van der Waals surface area contributed by atoms with Crippen LogP contribution in [0.15, 0.2) is 59.8 Å². The van der Waals surface area contributed by atoms with E-state index in [2.05, 4.69) is 39.8 Å². The number of methoxy groups -OCH3 is 1. The molecule has 2 aliphatic rings. The molecular formula is C27H33N3O5. The number of piperidine rings is 1. The van der Waals surface area contributed by atoms with Gasteiger partial charge in [-0.05, 0) is 68.5 Å². The molecule has 0 spiro atoms. The number of urea groups is 1. The Morgan fingerprint density at radius 1 is 1.14 bits per heavy atom. The lowest BCUT2D eigenvalue weighted by molar-refractivity contribution is -0.136. The highest BCUT2D eigenvalue weighted by Gasteiger charge is 2.35. The van der Waals surface area contributed by atoms with Crippen molar-refractivity contribution < 1.29 is 24.2 Å². The highest BCUT2D eigenvalue weighted by molar-refractivity contribution is 5.95. The Balaban J connectivity index is 1.53. The molecule has 1 fully saturated rings. The van der Waals surface area contributed by atoms with E-state index in [0.29, 0.717) is 41.7 Å². The number of phenols is 1. The summed E-state index contributed by atoms with van der Waals surface area (Å²) in [5.41, 5.74) is 2.88. The number of rotatable bonds is 8. The van der Waals surface area contributed by atoms with E-state index in [0.717, 1.165) is 32.4 Å². The molecule has 0 aliphatic carbocycles. The lowest BCUT2D eigenvalue weighted by Gasteiger charge is -2.35. The molecule has 186 valence electrons. The summed E-state index contributed by atoms with van der Waals surface area (Å²) in [5, 5.41) is 15.7. The van der Waals surface area contributed by atoms with Crippen molar-refractivity contribution in [2.24, 2.45) is 5.92 Å². The molecule has 3 N–H and O–H groups in total. The summed E-state index contributed by atoms with van der Waals surface area (Å²) in [6, 6.07) is 14.2. The van der Waals surface area contributed by atoms with Crippen molar-refractivity contribution in [3.63, 3.8) is 0 Å². The number of esters is 1. The van der Waals surface area contributed by atoms with Crippen LogP contribution in [0.25, 0.3) is 0 Å². The second-order valence-corrected chi connectivity index (χ2v) is 8.98. The molecule has 4 rings (SSSR count). The molecule has 0 saturated carbocycles. The van der Waals surface area contributed by atoms with E-state index in [1.54, 1.807) is 12.1 Å². The van der Waals surface area contributed by atoms with Crippen molar-refractivity contribution in [2.75, 3.05) is 33.4 Å². The topological polar surface area (TPSA) is 100 Å². The summed E-state index contributed by atoms with van der Waals surface area (Å²) in [6.07, 6.45) is 3.18. The number of nitrogens with one attached hydrogen (secondary N) is 2. The van der Waals surface area contributed by atoms with Crippen molar-refractivity contribution in [3.05, 3.63) is 70.9 Å². The Hall–Kier alpha value is -3.52. The van der Waals surface area contributed by atoms with Gasteiger partial charge in [0.25, 0.3) is 0 Å². The first kappa shape index (κ1) is 24.6. The average molecular weight is 480 g/mol. The van der Waals surface area contributed by atoms with Crippen LogP contribution in [-0.4, -0.2) is 55.4 Å². The van der Waals surface area contributed by atoms with Crippen LogP contribution in [0.5, 0.6) is 11.5 Å². The second-order valence-electron chi connectivity index (χ2n) is 8.98. The quantitative estimate of drug-likeness (QED) is 0.501. The van der Waals surface area contributed by atoms with Crippen LogP contribution in [-0.2, 0) is 16.0 Å². The van der Waals surface area contributed by atoms with Gasteiger partial charge in [0.15, 0.2) is 11.5 Å². The fourth-order valence-corrected chi connectivity index (χ4v) is 4.84. The minimum absolute atomic E-state index is 0.00180. The molecule has 0 bridgehead atoms. The predicted octanol–water partition coefficient (Wildman–Crippen LogP) is 3.53. The van der Waals surface area contributed by atoms with Gasteiger partial charge in [0.05, 0.1) is 25.3 Å². The second kappa shape index (κ2) is 11.3. The smallest absolute Gasteiger partial charge is 0.338 e. The van der Waals surface area contributed by atoms with Gasteiger partial charge in [-0.25, -0.2) is 9.59 Å². The van der Waals surface area contributed by atoms with Crippen LogP contribution in [0.2, 0.25) is 0 Å². The fourth-order valence-electron chi connectivity index (χ4n) is 4.84. The van der Waals surface area contributed by atoms with Gasteiger partial charge in [0.2, 0.25) is 0 Å². The van der Waals surface area contributed by atoms with Crippen LogP contribution in [0.1, 0.15) is 36.9 Å². The first-order valence-electron chi connectivity index (χ1n) is 12.1. The lowest BCUT2D eigenvalue weighted by atomic mass is 9.89. The summed E-state index contributed by atoms with van der Waals surface area (Å²) in [4.78, 5) is 27.7. The maximum atomic E-state index is 12.9. The number of phenolic OH excluding ortho intramolecular Hbond substituents is 1. The van der Waals surface area contributed by atoms with Crippen LogP contribution in [0.3, 0.4) is 0 Å². The van der Waals surface area contributed by atoms with Crippen molar-refractivity contribution in [1.29, 1.82) is 0 Å². The molecular weight excluding hydrogens is 446 g/mol. The molecule has 35 heavy (non-hydrogen) atoms. The predicted molar refractivity (Wildman–Crippen MR) is 132 cm³/mol. The Morgan fingerprint density at radius 3 is 2.57 bits per heavy atom. The van der Waals surface area contributed by atoms with E-state index in [4.69, 9.17) is 9.47 Å².